The number of benzene rings is 1. The summed E-state index contributed by atoms with van der Waals surface area (Å²) in [7, 11) is -0.750. The number of nitrogens with zero attached hydrogens (tertiary/aromatic N) is 2. The van der Waals surface area contributed by atoms with Crippen molar-refractivity contribution >= 4 is 22.0 Å². The Bertz CT molecular complexity index is 764. The lowest BCUT2D eigenvalue weighted by Crippen LogP contribution is -2.37. The molecule has 144 valence electrons. The number of carbonyl (C=O) groups excluding carboxylic acids is 1. The molecule has 1 aromatic carbocycles. The number of carbonyl (C=O) groups is 2. The Balaban J connectivity index is 2.15. The molecule has 2 rings (SSSR count). The number of sulfonamides is 1. The van der Waals surface area contributed by atoms with Gasteiger partial charge in [0.2, 0.25) is 10.0 Å². The molecule has 1 atom stereocenters. The van der Waals surface area contributed by atoms with Crippen LogP contribution in [0.25, 0.3) is 0 Å². The highest BCUT2D eigenvalue weighted by Gasteiger charge is 2.29. The molecule has 26 heavy (non-hydrogen) atoms. The van der Waals surface area contributed by atoms with Gasteiger partial charge in [0.05, 0.1) is 24.1 Å². The first-order chi connectivity index (χ1) is 12.3. The standard InChI is InChI=1S/C17H24N2O6S/c1-18(12-16(20)21)14-6-4-9-19(10-8-14)26(23,24)15-7-3-5-13(11-15)17(22)25-2/h3,5,7,11,14H,4,6,8-10,12H2,1-2H3,(H,20,21). The van der Waals surface area contributed by atoms with Crippen LogP contribution in [0.5, 0.6) is 0 Å². The van der Waals surface area contributed by atoms with Gasteiger partial charge < -0.3 is 9.84 Å². The lowest BCUT2D eigenvalue weighted by molar-refractivity contribution is -0.138. The highest BCUT2D eigenvalue weighted by atomic mass is 32.2. The Morgan fingerprint density at radius 2 is 2.04 bits per heavy atom. The van der Waals surface area contributed by atoms with E-state index in [1.54, 1.807) is 11.9 Å². The highest BCUT2D eigenvalue weighted by Crippen LogP contribution is 2.23. The number of methoxy groups -OCH3 is 1. The van der Waals surface area contributed by atoms with Crippen LogP contribution in [0.2, 0.25) is 0 Å². The smallest absolute Gasteiger partial charge is 0.337 e. The van der Waals surface area contributed by atoms with Gasteiger partial charge in [0.25, 0.3) is 0 Å². The predicted molar refractivity (Wildman–Crippen MR) is 94.4 cm³/mol. The molecule has 1 saturated heterocycles. The third-order valence-corrected chi connectivity index (χ3v) is 6.45. The molecule has 0 amide bonds. The van der Waals surface area contributed by atoms with E-state index in [1.807, 2.05) is 0 Å². The first-order valence-electron chi connectivity index (χ1n) is 8.36. The first-order valence-corrected chi connectivity index (χ1v) is 9.80. The second-order valence-electron chi connectivity index (χ2n) is 6.32. The summed E-state index contributed by atoms with van der Waals surface area (Å²) < 4.78 is 31.9. The molecule has 1 aliphatic rings. The molecule has 0 aromatic heterocycles. The minimum Gasteiger partial charge on any atom is -0.480 e. The fourth-order valence-corrected chi connectivity index (χ4v) is 4.67. The Morgan fingerprint density at radius 1 is 1.31 bits per heavy atom. The summed E-state index contributed by atoms with van der Waals surface area (Å²) >= 11 is 0. The van der Waals surface area contributed by atoms with Crippen molar-refractivity contribution in [2.45, 2.75) is 30.2 Å². The maximum atomic E-state index is 12.9. The Labute approximate surface area is 153 Å². The maximum Gasteiger partial charge on any atom is 0.337 e. The maximum absolute atomic E-state index is 12.9. The van der Waals surface area contributed by atoms with Gasteiger partial charge in [0, 0.05) is 19.1 Å². The molecule has 1 aliphatic heterocycles. The number of likely N-dealkylation sites (N-methyl/N-ethyl adjacent to an activating group) is 1. The quantitative estimate of drug-likeness (QED) is 0.731. The van der Waals surface area contributed by atoms with Crippen LogP contribution in [0, 0.1) is 0 Å². The van der Waals surface area contributed by atoms with Crippen molar-refractivity contribution in [3.8, 4) is 0 Å². The number of carboxylic acids is 1. The van der Waals surface area contributed by atoms with Crippen LogP contribution in [-0.2, 0) is 19.6 Å². The Morgan fingerprint density at radius 3 is 2.69 bits per heavy atom. The van der Waals surface area contributed by atoms with E-state index in [-0.39, 0.29) is 23.0 Å². The van der Waals surface area contributed by atoms with Crippen LogP contribution in [0.1, 0.15) is 29.6 Å². The van der Waals surface area contributed by atoms with Crippen molar-refractivity contribution < 1.29 is 27.9 Å². The fraction of sp³-hybridized carbons (Fsp3) is 0.529. The molecule has 0 saturated carbocycles. The lowest BCUT2D eigenvalue weighted by Gasteiger charge is -2.25. The molecule has 1 N–H and O–H groups in total. The minimum atomic E-state index is -3.73. The van der Waals surface area contributed by atoms with E-state index in [2.05, 4.69) is 4.74 Å². The van der Waals surface area contributed by atoms with Crippen molar-refractivity contribution in [2.24, 2.45) is 0 Å². The topological polar surface area (TPSA) is 104 Å². The number of carboxylic acid groups (broad SMARTS) is 1. The molecule has 0 bridgehead atoms. The van der Waals surface area contributed by atoms with Crippen molar-refractivity contribution in [1.29, 1.82) is 0 Å². The van der Waals surface area contributed by atoms with Gasteiger partial charge in [-0.15, -0.1) is 0 Å². The van der Waals surface area contributed by atoms with Crippen LogP contribution >= 0.6 is 0 Å². The second-order valence-corrected chi connectivity index (χ2v) is 8.26. The summed E-state index contributed by atoms with van der Waals surface area (Å²) in [6.45, 7) is 0.597. The summed E-state index contributed by atoms with van der Waals surface area (Å²) in [5.41, 5.74) is 0.183. The molecule has 0 radical (unpaired) electrons. The Kier molecular flexibility index (Phi) is 6.74. The molecule has 1 unspecified atom stereocenters. The first kappa shape index (κ1) is 20.3. The highest BCUT2D eigenvalue weighted by molar-refractivity contribution is 7.89. The monoisotopic (exact) mass is 384 g/mol. The van der Waals surface area contributed by atoms with E-state index in [1.165, 1.54) is 35.7 Å². The van der Waals surface area contributed by atoms with E-state index >= 15 is 0 Å². The molecule has 1 heterocycles. The van der Waals surface area contributed by atoms with Crippen LogP contribution in [-0.4, -0.2) is 74.5 Å². The van der Waals surface area contributed by atoms with E-state index in [0.717, 1.165) is 6.42 Å². The van der Waals surface area contributed by atoms with E-state index in [0.29, 0.717) is 25.9 Å². The van der Waals surface area contributed by atoms with Gasteiger partial charge in [-0.05, 0) is 44.5 Å². The minimum absolute atomic E-state index is 0.0210. The number of aliphatic carboxylic acids is 1. The van der Waals surface area contributed by atoms with Crippen molar-refractivity contribution in [3.05, 3.63) is 29.8 Å². The predicted octanol–water partition coefficient (Wildman–Crippen LogP) is 1.03. The summed E-state index contributed by atoms with van der Waals surface area (Å²) in [4.78, 5) is 24.3. The second kappa shape index (κ2) is 8.61. The third-order valence-electron chi connectivity index (χ3n) is 4.56. The summed E-state index contributed by atoms with van der Waals surface area (Å²) in [5, 5.41) is 8.92. The molecule has 1 aromatic rings. The van der Waals surface area contributed by atoms with E-state index < -0.39 is 22.0 Å². The lowest BCUT2D eigenvalue weighted by atomic mass is 10.1. The van der Waals surface area contributed by atoms with Gasteiger partial charge in [0.1, 0.15) is 0 Å². The van der Waals surface area contributed by atoms with Gasteiger partial charge >= 0.3 is 11.9 Å². The number of hydrogen-bond donors (Lipinski definition) is 1. The zero-order valence-electron chi connectivity index (χ0n) is 14.9. The van der Waals surface area contributed by atoms with Gasteiger partial charge in [-0.25, -0.2) is 13.2 Å². The van der Waals surface area contributed by atoms with Crippen molar-refractivity contribution in [1.82, 2.24) is 9.21 Å². The van der Waals surface area contributed by atoms with E-state index in [9.17, 15) is 18.0 Å². The van der Waals surface area contributed by atoms with Gasteiger partial charge in [0.15, 0.2) is 0 Å². The summed E-state index contributed by atoms with van der Waals surface area (Å²) in [6.07, 6.45) is 1.93. The van der Waals surface area contributed by atoms with Gasteiger partial charge in [-0.2, -0.15) is 4.31 Å². The number of esters is 1. The molecule has 1 fully saturated rings. The van der Waals surface area contributed by atoms with Crippen molar-refractivity contribution in [3.63, 3.8) is 0 Å². The number of ether oxygens (including phenoxy) is 1. The zero-order chi connectivity index (χ0) is 19.3. The van der Waals surface area contributed by atoms with Crippen LogP contribution in [0.15, 0.2) is 29.2 Å². The number of hydrogen-bond acceptors (Lipinski definition) is 6. The molecular formula is C17H24N2O6S. The third kappa shape index (κ3) is 4.80. The SMILES string of the molecule is COC(=O)c1cccc(S(=O)(=O)N2CCCC(N(C)CC(=O)O)CC2)c1. The molecular weight excluding hydrogens is 360 g/mol. The fourth-order valence-electron chi connectivity index (χ4n) is 3.13. The molecule has 0 spiro atoms. The zero-order valence-corrected chi connectivity index (χ0v) is 15.7. The summed E-state index contributed by atoms with van der Waals surface area (Å²) in [5.74, 6) is -1.49. The van der Waals surface area contributed by atoms with Gasteiger partial charge in [-0.3, -0.25) is 9.69 Å². The molecule has 8 nitrogen and oxygen atoms in total. The normalized spacial score (nSPS) is 19.1. The van der Waals surface area contributed by atoms with Gasteiger partial charge in [-0.1, -0.05) is 6.07 Å². The average molecular weight is 384 g/mol. The summed E-state index contributed by atoms with van der Waals surface area (Å²) in [6, 6.07) is 5.82. The Hall–Kier alpha value is -1.97. The molecule has 9 heteroatoms. The van der Waals surface area contributed by atoms with Crippen LogP contribution in [0.4, 0.5) is 0 Å². The number of rotatable bonds is 6. The average Bonchev–Trinajstić information content (AvgIpc) is 2.87. The van der Waals surface area contributed by atoms with E-state index in [4.69, 9.17) is 5.11 Å². The van der Waals surface area contributed by atoms with Crippen molar-refractivity contribution in [2.75, 3.05) is 33.8 Å². The van der Waals surface area contributed by atoms with Crippen LogP contribution < -0.4 is 0 Å². The molecule has 0 aliphatic carbocycles. The largest absolute Gasteiger partial charge is 0.480 e. The van der Waals surface area contributed by atoms with Crippen LogP contribution in [0.3, 0.4) is 0 Å².